The van der Waals surface area contributed by atoms with Crippen LogP contribution in [0.3, 0.4) is 0 Å². The van der Waals surface area contributed by atoms with Gasteiger partial charge in [0.05, 0.1) is 5.69 Å². The molecular weight excluding hydrogens is 350 g/mol. The van der Waals surface area contributed by atoms with Crippen LogP contribution in [0.15, 0.2) is 16.9 Å². The minimum Gasteiger partial charge on any atom is -0.476 e. The smallest absolute Gasteiger partial charge is 0.356 e. The number of hydrogen-bond acceptors (Lipinski definition) is 5. The molecule has 0 saturated heterocycles. The van der Waals surface area contributed by atoms with Gasteiger partial charge in [-0.1, -0.05) is 0 Å². The summed E-state index contributed by atoms with van der Waals surface area (Å²) in [6, 6.07) is 2.98. The molecule has 9 nitrogen and oxygen atoms in total. The molecule has 1 saturated carbocycles. The first-order valence-corrected chi connectivity index (χ1v) is 9.15. The number of amides is 1. The normalized spacial score (nSPS) is 16.2. The average Bonchev–Trinajstić information content (AvgIpc) is 3.40. The molecule has 2 N–H and O–H groups in total. The predicted molar refractivity (Wildman–Crippen MR) is 94.2 cm³/mol. The van der Waals surface area contributed by atoms with Gasteiger partial charge >= 0.3 is 5.97 Å². The first kappa shape index (κ1) is 17.4. The third kappa shape index (κ3) is 3.76. The Morgan fingerprint density at radius 1 is 1.30 bits per heavy atom. The van der Waals surface area contributed by atoms with Crippen LogP contribution >= 0.6 is 0 Å². The Balaban J connectivity index is 1.45. The fourth-order valence-electron chi connectivity index (χ4n) is 3.48. The van der Waals surface area contributed by atoms with Gasteiger partial charge in [-0.2, -0.15) is 10.2 Å². The van der Waals surface area contributed by atoms with Crippen molar-refractivity contribution in [3.8, 4) is 0 Å². The van der Waals surface area contributed by atoms with Crippen LogP contribution in [0.1, 0.15) is 46.7 Å². The number of aromatic nitrogens is 4. The van der Waals surface area contributed by atoms with E-state index >= 15 is 0 Å². The van der Waals surface area contributed by atoms with E-state index < -0.39 is 5.97 Å². The Labute approximate surface area is 155 Å². The molecular formula is C18H21N5O4. The molecule has 0 aromatic carbocycles. The highest BCUT2D eigenvalue weighted by Crippen LogP contribution is 2.32. The second-order valence-corrected chi connectivity index (χ2v) is 7.18. The zero-order valence-electron chi connectivity index (χ0n) is 14.8. The lowest BCUT2D eigenvalue weighted by Gasteiger charge is -2.28. The molecule has 0 atom stereocenters. The van der Waals surface area contributed by atoms with Crippen LogP contribution in [0, 0.1) is 5.92 Å². The number of aromatic carboxylic acids is 1. The van der Waals surface area contributed by atoms with Crippen LogP contribution in [-0.4, -0.2) is 48.4 Å². The van der Waals surface area contributed by atoms with Crippen molar-refractivity contribution in [3.63, 3.8) is 0 Å². The van der Waals surface area contributed by atoms with Gasteiger partial charge in [0.25, 0.3) is 5.56 Å². The lowest BCUT2D eigenvalue weighted by molar-refractivity contribution is -0.132. The number of rotatable bonds is 6. The van der Waals surface area contributed by atoms with Gasteiger partial charge in [0.2, 0.25) is 5.91 Å². The van der Waals surface area contributed by atoms with E-state index in [-0.39, 0.29) is 30.1 Å². The SMILES string of the molecule is O=C(O)c1nn(CC2CC2)c2c1CN(C(=O)CCc1ccc(=O)[nH]n1)CC2. The minimum absolute atomic E-state index is 0.0556. The van der Waals surface area contributed by atoms with Crippen LogP contribution in [0.5, 0.6) is 0 Å². The van der Waals surface area contributed by atoms with Crippen molar-refractivity contribution in [1.82, 2.24) is 24.9 Å². The van der Waals surface area contributed by atoms with E-state index in [1.54, 1.807) is 11.0 Å². The molecule has 2 aliphatic rings. The zero-order valence-corrected chi connectivity index (χ0v) is 14.8. The van der Waals surface area contributed by atoms with Crippen LogP contribution in [0.4, 0.5) is 0 Å². The highest BCUT2D eigenvalue weighted by Gasteiger charge is 2.32. The molecule has 27 heavy (non-hydrogen) atoms. The first-order chi connectivity index (χ1) is 13.0. The molecule has 2 aromatic heterocycles. The minimum atomic E-state index is -1.05. The number of carboxylic acid groups (broad SMARTS) is 1. The molecule has 1 amide bonds. The van der Waals surface area contributed by atoms with Gasteiger partial charge in [-0.15, -0.1) is 0 Å². The molecule has 0 radical (unpaired) electrons. The Morgan fingerprint density at radius 2 is 2.11 bits per heavy atom. The summed E-state index contributed by atoms with van der Waals surface area (Å²) < 4.78 is 1.84. The topological polar surface area (TPSA) is 121 Å². The molecule has 4 rings (SSSR count). The van der Waals surface area contributed by atoms with E-state index in [0.717, 1.165) is 12.2 Å². The molecule has 0 spiro atoms. The predicted octanol–water partition coefficient (Wildman–Crippen LogP) is 0.592. The Hall–Kier alpha value is -2.97. The van der Waals surface area contributed by atoms with E-state index in [1.807, 2.05) is 4.68 Å². The van der Waals surface area contributed by atoms with Gasteiger partial charge < -0.3 is 10.0 Å². The number of fused-ring (bicyclic) bond motifs is 1. The maximum Gasteiger partial charge on any atom is 0.356 e. The summed E-state index contributed by atoms with van der Waals surface area (Å²) in [6.07, 6.45) is 3.63. The first-order valence-electron chi connectivity index (χ1n) is 9.15. The van der Waals surface area contributed by atoms with Gasteiger partial charge in [-0.25, -0.2) is 9.89 Å². The summed E-state index contributed by atoms with van der Waals surface area (Å²) in [5.41, 5.74) is 2.03. The van der Waals surface area contributed by atoms with Crippen molar-refractivity contribution in [2.75, 3.05) is 6.54 Å². The quantitative estimate of drug-likeness (QED) is 0.767. The summed E-state index contributed by atoms with van der Waals surface area (Å²) >= 11 is 0. The molecule has 142 valence electrons. The molecule has 9 heteroatoms. The number of H-pyrrole nitrogens is 1. The summed E-state index contributed by atoms with van der Waals surface area (Å²) in [5.74, 6) is -0.507. The van der Waals surface area contributed by atoms with Gasteiger partial charge in [0.1, 0.15) is 0 Å². The van der Waals surface area contributed by atoms with Crippen molar-refractivity contribution in [3.05, 3.63) is 45.1 Å². The van der Waals surface area contributed by atoms with Crippen molar-refractivity contribution in [2.45, 2.75) is 45.2 Å². The maximum atomic E-state index is 12.6. The average molecular weight is 371 g/mol. The van der Waals surface area contributed by atoms with Gasteiger partial charge in [-0.05, 0) is 24.8 Å². The molecule has 2 aromatic rings. The van der Waals surface area contributed by atoms with Crippen LogP contribution in [0.25, 0.3) is 0 Å². The highest BCUT2D eigenvalue weighted by molar-refractivity contribution is 5.88. The van der Waals surface area contributed by atoms with Crippen LogP contribution < -0.4 is 5.56 Å². The monoisotopic (exact) mass is 371 g/mol. The summed E-state index contributed by atoms with van der Waals surface area (Å²) in [6.45, 7) is 1.60. The summed E-state index contributed by atoms with van der Waals surface area (Å²) in [4.78, 5) is 36.9. The fraction of sp³-hybridized carbons (Fsp3) is 0.500. The molecule has 0 bridgehead atoms. The van der Waals surface area contributed by atoms with Crippen molar-refractivity contribution < 1.29 is 14.7 Å². The summed E-state index contributed by atoms with van der Waals surface area (Å²) in [5, 5.41) is 20.0. The lowest BCUT2D eigenvalue weighted by Crippen LogP contribution is -2.37. The van der Waals surface area contributed by atoms with Crippen LogP contribution in [0.2, 0.25) is 0 Å². The van der Waals surface area contributed by atoms with E-state index in [9.17, 15) is 19.5 Å². The molecule has 1 aliphatic carbocycles. The van der Waals surface area contributed by atoms with Gasteiger partial charge in [0.15, 0.2) is 5.69 Å². The van der Waals surface area contributed by atoms with Crippen molar-refractivity contribution in [1.29, 1.82) is 0 Å². The van der Waals surface area contributed by atoms with Crippen LogP contribution in [-0.2, 0) is 30.7 Å². The lowest BCUT2D eigenvalue weighted by atomic mass is 10.0. The molecule has 1 aliphatic heterocycles. The number of nitrogens with zero attached hydrogens (tertiary/aromatic N) is 4. The number of nitrogens with one attached hydrogen (secondary N) is 1. The fourth-order valence-corrected chi connectivity index (χ4v) is 3.48. The largest absolute Gasteiger partial charge is 0.476 e. The molecule has 3 heterocycles. The van der Waals surface area contributed by atoms with Gasteiger partial charge in [-0.3, -0.25) is 14.3 Å². The number of carbonyl (C=O) groups is 2. The van der Waals surface area contributed by atoms with Crippen molar-refractivity contribution in [2.24, 2.45) is 5.92 Å². The third-order valence-corrected chi connectivity index (χ3v) is 5.15. The number of aryl methyl sites for hydroxylation is 1. The second-order valence-electron chi connectivity index (χ2n) is 7.18. The molecule has 1 fully saturated rings. The molecule has 0 unspecified atom stereocenters. The Bertz CT molecular complexity index is 923. The Morgan fingerprint density at radius 3 is 2.78 bits per heavy atom. The number of carbonyl (C=O) groups excluding carboxylic acids is 1. The maximum absolute atomic E-state index is 12.6. The van der Waals surface area contributed by atoms with Crippen molar-refractivity contribution >= 4 is 11.9 Å². The van der Waals surface area contributed by atoms with E-state index in [0.29, 0.717) is 36.6 Å². The van der Waals surface area contributed by atoms with E-state index in [4.69, 9.17) is 0 Å². The number of carboxylic acids is 1. The Kier molecular flexibility index (Phi) is 4.51. The highest BCUT2D eigenvalue weighted by atomic mass is 16.4. The standard InChI is InChI=1S/C18H21N5O4/c24-15-5-3-12(19-20-15)4-6-16(25)22-8-7-14-13(10-22)17(18(26)27)21-23(14)9-11-1-2-11/h3,5,11H,1-2,4,6-10H2,(H,20,24)(H,26,27). The van der Waals surface area contributed by atoms with Gasteiger partial charge in [0, 0.05) is 56.2 Å². The third-order valence-electron chi connectivity index (χ3n) is 5.15. The van der Waals surface area contributed by atoms with E-state index in [2.05, 4.69) is 15.3 Å². The summed E-state index contributed by atoms with van der Waals surface area (Å²) in [7, 11) is 0. The zero-order chi connectivity index (χ0) is 19.0. The number of aromatic amines is 1. The number of hydrogen-bond donors (Lipinski definition) is 2. The van der Waals surface area contributed by atoms with E-state index in [1.165, 1.54) is 18.9 Å². The second kappa shape index (κ2) is 6.98.